The summed E-state index contributed by atoms with van der Waals surface area (Å²) in [5, 5.41) is 13.6. The van der Waals surface area contributed by atoms with Crippen LogP contribution in [0.4, 0.5) is 0 Å². The fraction of sp³-hybridized carbons (Fsp3) is 0.0500. The van der Waals surface area contributed by atoms with Gasteiger partial charge in [0.2, 0.25) is 0 Å². The molecule has 2 amide bonds. The van der Waals surface area contributed by atoms with E-state index in [4.69, 9.17) is 17.0 Å². The van der Waals surface area contributed by atoms with E-state index >= 15 is 0 Å². The number of aromatic hydroxyl groups is 1. The van der Waals surface area contributed by atoms with Gasteiger partial charge in [0.1, 0.15) is 11.5 Å². The Morgan fingerprint density at radius 2 is 1.64 bits per heavy atom. The summed E-state index contributed by atoms with van der Waals surface area (Å²) in [6.07, 6.45) is 0. The van der Waals surface area contributed by atoms with Crippen molar-refractivity contribution in [1.82, 2.24) is 16.2 Å². The lowest BCUT2D eigenvalue weighted by molar-refractivity contribution is -0.121. The first kappa shape index (κ1) is 19.1. The molecule has 0 radical (unpaired) electrons. The van der Waals surface area contributed by atoms with Gasteiger partial charge in [0, 0.05) is 5.56 Å². The van der Waals surface area contributed by atoms with Crippen LogP contribution in [0.1, 0.15) is 10.4 Å². The van der Waals surface area contributed by atoms with E-state index in [-0.39, 0.29) is 17.5 Å². The summed E-state index contributed by atoms with van der Waals surface area (Å²) in [7, 11) is 0. The van der Waals surface area contributed by atoms with Crippen LogP contribution in [0, 0.1) is 0 Å². The molecule has 0 unspecified atom stereocenters. The van der Waals surface area contributed by atoms with Crippen molar-refractivity contribution in [2.75, 3.05) is 6.61 Å². The molecule has 0 saturated carbocycles. The van der Waals surface area contributed by atoms with Gasteiger partial charge in [-0.3, -0.25) is 25.8 Å². The lowest BCUT2D eigenvalue weighted by Gasteiger charge is -2.11. The van der Waals surface area contributed by atoms with Crippen LogP contribution in [0.2, 0.25) is 0 Å². The van der Waals surface area contributed by atoms with Gasteiger partial charge in [-0.05, 0) is 59.4 Å². The molecule has 0 fully saturated rings. The first-order valence-corrected chi connectivity index (χ1v) is 8.73. The Morgan fingerprint density at radius 1 is 0.929 bits per heavy atom. The van der Waals surface area contributed by atoms with Gasteiger partial charge in [0.15, 0.2) is 11.7 Å². The molecular formula is C20H17N3O4S. The van der Waals surface area contributed by atoms with Crippen molar-refractivity contribution in [3.8, 4) is 11.5 Å². The van der Waals surface area contributed by atoms with Crippen molar-refractivity contribution in [3.05, 3.63) is 72.3 Å². The van der Waals surface area contributed by atoms with E-state index in [9.17, 15) is 14.7 Å². The molecular weight excluding hydrogens is 378 g/mol. The van der Waals surface area contributed by atoms with Crippen LogP contribution < -0.4 is 20.9 Å². The fourth-order valence-corrected chi connectivity index (χ4v) is 2.56. The summed E-state index contributed by atoms with van der Waals surface area (Å²) in [5.41, 5.74) is 5.10. The number of phenolic OH excluding ortho intramolecular Hbond substituents is 1. The van der Waals surface area contributed by atoms with Crippen LogP contribution >= 0.6 is 12.2 Å². The average Bonchev–Trinajstić information content (AvgIpc) is 2.71. The number of benzene rings is 3. The van der Waals surface area contributed by atoms with Crippen LogP contribution in [0.5, 0.6) is 11.5 Å². The number of carbonyl (C=O) groups is 2. The molecule has 0 aromatic heterocycles. The Morgan fingerprint density at radius 3 is 2.39 bits per heavy atom. The summed E-state index contributed by atoms with van der Waals surface area (Å²) in [4.78, 5) is 23.9. The zero-order chi connectivity index (χ0) is 19.9. The summed E-state index contributed by atoms with van der Waals surface area (Å²) < 4.78 is 5.47. The summed E-state index contributed by atoms with van der Waals surface area (Å²) >= 11 is 4.96. The van der Waals surface area contributed by atoms with Crippen LogP contribution in [-0.2, 0) is 4.79 Å². The van der Waals surface area contributed by atoms with Crippen molar-refractivity contribution < 1.29 is 19.4 Å². The molecule has 3 rings (SSSR count). The Labute approximate surface area is 166 Å². The van der Waals surface area contributed by atoms with E-state index in [1.54, 1.807) is 6.07 Å². The molecule has 0 bridgehead atoms. The van der Waals surface area contributed by atoms with Gasteiger partial charge in [-0.25, -0.2) is 0 Å². The Kier molecular flexibility index (Phi) is 6.03. The van der Waals surface area contributed by atoms with Gasteiger partial charge in [-0.1, -0.05) is 30.3 Å². The standard InChI is InChI=1S/C20H17N3O4S/c24-16-8-5-14(6-9-16)19(26)22-23-20(28)21-18(25)12-27-17-10-7-13-3-1-2-4-15(13)11-17/h1-11,24H,12H2,(H,22,26)(H2,21,23,25,28). The van der Waals surface area contributed by atoms with Gasteiger partial charge < -0.3 is 9.84 Å². The minimum absolute atomic E-state index is 0.0544. The Balaban J connectivity index is 1.44. The summed E-state index contributed by atoms with van der Waals surface area (Å²) in [6.45, 7) is -0.230. The third-order valence-corrected chi connectivity index (χ3v) is 3.97. The highest BCUT2D eigenvalue weighted by molar-refractivity contribution is 7.80. The van der Waals surface area contributed by atoms with Gasteiger partial charge in [-0.2, -0.15) is 0 Å². The maximum atomic E-state index is 11.9. The second-order valence-electron chi connectivity index (χ2n) is 5.80. The molecule has 3 aromatic rings. The first-order chi connectivity index (χ1) is 13.5. The van der Waals surface area contributed by atoms with Crippen molar-refractivity contribution in [2.24, 2.45) is 0 Å². The third-order valence-electron chi connectivity index (χ3n) is 3.76. The fourth-order valence-electron chi connectivity index (χ4n) is 2.40. The molecule has 0 saturated heterocycles. The number of hydrazine groups is 1. The van der Waals surface area contributed by atoms with E-state index < -0.39 is 11.8 Å². The number of ether oxygens (including phenoxy) is 1. The maximum absolute atomic E-state index is 11.9. The summed E-state index contributed by atoms with van der Waals surface area (Å²) in [5.74, 6) is -0.319. The molecule has 0 atom stereocenters. The molecule has 28 heavy (non-hydrogen) atoms. The molecule has 0 aliphatic rings. The molecule has 8 heteroatoms. The van der Waals surface area contributed by atoms with Crippen LogP contribution in [0.15, 0.2) is 66.7 Å². The second-order valence-corrected chi connectivity index (χ2v) is 6.21. The van der Waals surface area contributed by atoms with E-state index in [1.807, 2.05) is 36.4 Å². The minimum atomic E-state index is -0.469. The Bertz CT molecular complexity index is 1020. The highest BCUT2D eigenvalue weighted by atomic mass is 32.1. The smallest absolute Gasteiger partial charge is 0.269 e. The monoisotopic (exact) mass is 395 g/mol. The van der Waals surface area contributed by atoms with Crippen molar-refractivity contribution in [1.29, 1.82) is 0 Å². The molecule has 0 spiro atoms. The number of carbonyl (C=O) groups excluding carboxylic acids is 2. The number of rotatable bonds is 4. The number of phenols is 1. The summed E-state index contributed by atoms with van der Waals surface area (Å²) in [6, 6.07) is 19.0. The predicted octanol–water partition coefficient (Wildman–Crippen LogP) is 2.26. The third kappa shape index (κ3) is 5.18. The SMILES string of the molecule is O=C(COc1ccc2ccccc2c1)NC(=S)NNC(=O)c1ccc(O)cc1. The zero-order valence-electron chi connectivity index (χ0n) is 14.6. The lowest BCUT2D eigenvalue weighted by Crippen LogP contribution is -2.49. The predicted molar refractivity (Wildman–Crippen MR) is 109 cm³/mol. The highest BCUT2D eigenvalue weighted by Crippen LogP contribution is 2.20. The van der Waals surface area contributed by atoms with Crippen molar-refractivity contribution >= 4 is 39.9 Å². The van der Waals surface area contributed by atoms with Gasteiger partial charge in [-0.15, -0.1) is 0 Å². The molecule has 3 aromatic carbocycles. The molecule has 0 aliphatic heterocycles. The lowest BCUT2D eigenvalue weighted by atomic mass is 10.1. The van der Waals surface area contributed by atoms with Gasteiger partial charge >= 0.3 is 0 Å². The molecule has 0 heterocycles. The number of hydrogen-bond acceptors (Lipinski definition) is 5. The molecule has 0 aliphatic carbocycles. The van der Waals surface area contributed by atoms with E-state index in [0.717, 1.165) is 10.8 Å². The number of fused-ring (bicyclic) bond motifs is 1. The number of thiocarbonyl (C=S) groups is 1. The molecule has 142 valence electrons. The van der Waals surface area contributed by atoms with Gasteiger partial charge in [0.25, 0.3) is 11.8 Å². The quantitative estimate of drug-likeness (QED) is 0.400. The average molecular weight is 395 g/mol. The first-order valence-electron chi connectivity index (χ1n) is 8.32. The van der Waals surface area contributed by atoms with E-state index in [1.165, 1.54) is 24.3 Å². The number of amides is 2. The molecule has 4 N–H and O–H groups in total. The number of hydrogen-bond donors (Lipinski definition) is 4. The normalized spacial score (nSPS) is 10.1. The van der Waals surface area contributed by atoms with Gasteiger partial charge in [0.05, 0.1) is 0 Å². The Hall–Kier alpha value is -3.65. The zero-order valence-corrected chi connectivity index (χ0v) is 15.5. The van der Waals surface area contributed by atoms with Crippen LogP contribution in [-0.4, -0.2) is 28.6 Å². The molecule has 7 nitrogen and oxygen atoms in total. The largest absolute Gasteiger partial charge is 0.508 e. The van der Waals surface area contributed by atoms with Crippen LogP contribution in [0.25, 0.3) is 10.8 Å². The topological polar surface area (TPSA) is 99.7 Å². The van der Waals surface area contributed by atoms with E-state index in [2.05, 4.69) is 16.2 Å². The van der Waals surface area contributed by atoms with Crippen LogP contribution in [0.3, 0.4) is 0 Å². The van der Waals surface area contributed by atoms with Crippen molar-refractivity contribution in [2.45, 2.75) is 0 Å². The maximum Gasteiger partial charge on any atom is 0.269 e. The second kappa shape index (κ2) is 8.83. The van der Waals surface area contributed by atoms with E-state index in [0.29, 0.717) is 11.3 Å². The van der Waals surface area contributed by atoms with Crippen molar-refractivity contribution in [3.63, 3.8) is 0 Å². The number of nitrogens with one attached hydrogen (secondary N) is 3. The highest BCUT2D eigenvalue weighted by Gasteiger charge is 2.09. The minimum Gasteiger partial charge on any atom is -0.508 e.